The van der Waals surface area contributed by atoms with Gasteiger partial charge in [-0.3, -0.25) is 14.9 Å². The van der Waals surface area contributed by atoms with Crippen molar-refractivity contribution in [2.75, 3.05) is 19.0 Å². The Morgan fingerprint density at radius 1 is 1.27 bits per heavy atom. The van der Waals surface area contributed by atoms with Gasteiger partial charge in [-0.25, -0.2) is 0 Å². The fourth-order valence-electron chi connectivity index (χ4n) is 2.13. The average Bonchev–Trinajstić information content (AvgIpc) is 2.62. The molecule has 8 heteroatoms. The van der Waals surface area contributed by atoms with Crippen LogP contribution in [0.3, 0.4) is 0 Å². The Kier molecular flexibility index (Phi) is 6.74. The van der Waals surface area contributed by atoms with E-state index < -0.39 is 10.8 Å². The SMILES string of the molecule is CCOc1ccc(/C=C/C(=O)Nc2cc([N+](=O)[O-])ccc2Br)cc1OC. The van der Waals surface area contributed by atoms with Gasteiger partial charge in [0.15, 0.2) is 11.5 Å². The highest BCUT2D eigenvalue weighted by atomic mass is 79.9. The van der Waals surface area contributed by atoms with Crippen molar-refractivity contribution in [3.8, 4) is 11.5 Å². The van der Waals surface area contributed by atoms with Crippen molar-refractivity contribution >= 4 is 39.3 Å². The van der Waals surface area contributed by atoms with E-state index in [1.165, 1.54) is 31.4 Å². The zero-order chi connectivity index (χ0) is 19.1. The Labute approximate surface area is 158 Å². The van der Waals surface area contributed by atoms with Crippen LogP contribution in [0, 0.1) is 10.1 Å². The van der Waals surface area contributed by atoms with Crippen molar-refractivity contribution in [1.82, 2.24) is 0 Å². The highest BCUT2D eigenvalue weighted by molar-refractivity contribution is 9.10. The van der Waals surface area contributed by atoms with Crippen LogP contribution in [0.15, 0.2) is 46.9 Å². The van der Waals surface area contributed by atoms with Gasteiger partial charge in [-0.15, -0.1) is 0 Å². The van der Waals surface area contributed by atoms with E-state index in [2.05, 4.69) is 21.2 Å². The van der Waals surface area contributed by atoms with Crippen molar-refractivity contribution < 1.29 is 19.2 Å². The summed E-state index contributed by atoms with van der Waals surface area (Å²) in [7, 11) is 1.54. The molecule has 0 spiro atoms. The molecule has 2 aromatic carbocycles. The molecule has 0 fully saturated rings. The molecule has 0 saturated heterocycles. The molecule has 0 atom stereocenters. The number of nitrogens with one attached hydrogen (secondary N) is 1. The zero-order valence-electron chi connectivity index (χ0n) is 14.2. The van der Waals surface area contributed by atoms with Crippen molar-refractivity contribution in [1.29, 1.82) is 0 Å². The quantitative estimate of drug-likeness (QED) is 0.406. The number of nitro benzene ring substituents is 1. The van der Waals surface area contributed by atoms with Gasteiger partial charge >= 0.3 is 0 Å². The van der Waals surface area contributed by atoms with Gasteiger partial charge in [0.25, 0.3) is 5.69 Å². The maximum Gasteiger partial charge on any atom is 0.271 e. The van der Waals surface area contributed by atoms with Gasteiger partial charge in [0, 0.05) is 22.7 Å². The molecule has 2 rings (SSSR count). The first-order valence-electron chi connectivity index (χ1n) is 7.68. The summed E-state index contributed by atoms with van der Waals surface area (Å²) < 4.78 is 11.3. The standard InChI is InChI=1S/C18H17BrN2O5/c1-3-26-16-8-4-12(10-17(16)25-2)5-9-18(22)20-15-11-13(21(23)24)6-7-14(15)19/h4-11H,3H2,1-2H3,(H,20,22)/b9-5+. The summed E-state index contributed by atoms with van der Waals surface area (Å²) in [5.41, 5.74) is 0.959. The Morgan fingerprint density at radius 2 is 2.04 bits per heavy atom. The third-order valence-corrected chi connectivity index (χ3v) is 4.02. The second kappa shape index (κ2) is 9.00. The number of nitrogens with zero attached hydrogens (tertiary/aromatic N) is 1. The smallest absolute Gasteiger partial charge is 0.271 e. The molecule has 0 unspecified atom stereocenters. The first kappa shape index (κ1) is 19.5. The number of carbonyl (C=O) groups is 1. The van der Waals surface area contributed by atoms with E-state index in [1.54, 1.807) is 24.3 Å². The fraction of sp³-hybridized carbons (Fsp3) is 0.167. The van der Waals surface area contributed by atoms with Gasteiger partial charge in [-0.05, 0) is 52.7 Å². The van der Waals surface area contributed by atoms with Crippen LogP contribution in [0.1, 0.15) is 12.5 Å². The van der Waals surface area contributed by atoms with Gasteiger partial charge < -0.3 is 14.8 Å². The highest BCUT2D eigenvalue weighted by Gasteiger charge is 2.11. The molecule has 0 aliphatic rings. The summed E-state index contributed by atoms with van der Waals surface area (Å²) >= 11 is 3.25. The normalized spacial score (nSPS) is 10.6. The molecule has 0 aromatic heterocycles. The Balaban J connectivity index is 2.12. The van der Waals surface area contributed by atoms with Gasteiger partial charge in [0.05, 0.1) is 24.3 Å². The van der Waals surface area contributed by atoms with Crippen LogP contribution in [0.5, 0.6) is 11.5 Å². The Hall–Kier alpha value is -2.87. The number of anilines is 1. The minimum absolute atomic E-state index is 0.108. The first-order valence-corrected chi connectivity index (χ1v) is 8.47. The van der Waals surface area contributed by atoms with Gasteiger partial charge in [-0.2, -0.15) is 0 Å². The maximum absolute atomic E-state index is 12.1. The molecule has 0 heterocycles. The highest BCUT2D eigenvalue weighted by Crippen LogP contribution is 2.29. The molecule has 0 aliphatic heterocycles. The lowest BCUT2D eigenvalue weighted by Crippen LogP contribution is -2.08. The molecule has 0 radical (unpaired) electrons. The molecule has 26 heavy (non-hydrogen) atoms. The third kappa shape index (κ3) is 5.06. The molecular formula is C18H17BrN2O5. The monoisotopic (exact) mass is 420 g/mol. The van der Waals surface area contributed by atoms with E-state index in [1.807, 2.05) is 6.92 Å². The van der Waals surface area contributed by atoms with E-state index >= 15 is 0 Å². The van der Waals surface area contributed by atoms with E-state index in [9.17, 15) is 14.9 Å². The molecule has 136 valence electrons. The molecule has 0 bridgehead atoms. The lowest BCUT2D eigenvalue weighted by Gasteiger charge is -2.09. The number of non-ortho nitro benzene ring substituents is 1. The van der Waals surface area contributed by atoms with Crippen molar-refractivity contribution in [2.45, 2.75) is 6.92 Å². The number of amides is 1. The minimum Gasteiger partial charge on any atom is -0.493 e. The van der Waals surface area contributed by atoms with E-state index in [0.717, 1.165) is 5.56 Å². The molecule has 0 saturated carbocycles. The molecule has 1 N–H and O–H groups in total. The Bertz CT molecular complexity index is 851. The van der Waals surface area contributed by atoms with Crippen molar-refractivity contribution in [3.05, 3.63) is 62.6 Å². The number of carbonyl (C=O) groups excluding carboxylic acids is 1. The second-order valence-corrected chi connectivity index (χ2v) is 5.94. The van der Waals surface area contributed by atoms with Crippen LogP contribution in [0.4, 0.5) is 11.4 Å². The van der Waals surface area contributed by atoms with E-state index in [4.69, 9.17) is 9.47 Å². The number of hydrogen-bond acceptors (Lipinski definition) is 5. The lowest BCUT2D eigenvalue weighted by molar-refractivity contribution is -0.384. The predicted octanol–water partition coefficient (Wildman–Crippen LogP) is 4.42. The summed E-state index contributed by atoms with van der Waals surface area (Å²) in [5.74, 6) is 0.770. The number of rotatable bonds is 7. The van der Waals surface area contributed by atoms with Gasteiger partial charge in [-0.1, -0.05) is 6.07 Å². The molecule has 0 aliphatic carbocycles. The third-order valence-electron chi connectivity index (χ3n) is 3.33. The molecular weight excluding hydrogens is 404 g/mol. The molecule has 2 aromatic rings. The summed E-state index contributed by atoms with van der Waals surface area (Å²) in [6, 6.07) is 9.45. The summed E-state index contributed by atoms with van der Waals surface area (Å²) in [6.45, 7) is 2.40. The minimum atomic E-state index is -0.524. The number of halogens is 1. The topological polar surface area (TPSA) is 90.7 Å². The summed E-state index contributed by atoms with van der Waals surface area (Å²) in [6.07, 6.45) is 2.94. The van der Waals surface area contributed by atoms with E-state index in [0.29, 0.717) is 28.3 Å². The second-order valence-electron chi connectivity index (χ2n) is 5.09. The summed E-state index contributed by atoms with van der Waals surface area (Å²) in [4.78, 5) is 22.4. The number of ether oxygens (including phenoxy) is 2. The fourth-order valence-corrected chi connectivity index (χ4v) is 2.48. The Morgan fingerprint density at radius 3 is 2.69 bits per heavy atom. The van der Waals surface area contributed by atoms with Crippen LogP contribution >= 0.6 is 15.9 Å². The lowest BCUT2D eigenvalue weighted by atomic mass is 10.2. The molecule has 1 amide bonds. The van der Waals surface area contributed by atoms with Crippen LogP contribution in [0.2, 0.25) is 0 Å². The van der Waals surface area contributed by atoms with Crippen LogP contribution < -0.4 is 14.8 Å². The number of benzene rings is 2. The zero-order valence-corrected chi connectivity index (χ0v) is 15.8. The number of nitro groups is 1. The first-order chi connectivity index (χ1) is 12.4. The van der Waals surface area contributed by atoms with Gasteiger partial charge in [0.1, 0.15) is 0 Å². The maximum atomic E-state index is 12.1. The predicted molar refractivity (Wildman–Crippen MR) is 103 cm³/mol. The van der Waals surface area contributed by atoms with Crippen LogP contribution in [-0.2, 0) is 4.79 Å². The summed E-state index contributed by atoms with van der Waals surface area (Å²) in [5, 5.41) is 13.4. The van der Waals surface area contributed by atoms with Crippen LogP contribution in [0.25, 0.3) is 6.08 Å². The number of methoxy groups -OCH3 is 1. The molecule has 7 nitrogen and oxygen atoms in total. The largest absolute Gasteiger partial charge is 0.493 e. The number of hydrogen-bond donors (Lipinski definition) is 1. The van der Waals surface area contributed by atoms with Crippen LogP contribution in [-0.4, -0.2) is 24.5 Å². The van der Waals surface area contributed by atoms with Gasteiger partial charge in [0.2, 0.25) is 5.91 Å². The van der Waals surface area contributed by atoms with Crippen molar-refractivity contribution in [3.63, 3.8) is 0 Å². The average molecular weight is 421 g/mol. The van der Waals surface area contributed by atoms with E-state index in [-0.39, 0.29) is 5.69 Å². The van der Waals surface area contributed by atoms with Crippen molar-refractivity contribution in [2.24, 2.45) is 0 Å².